The number of carboxylic acids is 1. The lowest BCUT2D eigenvalue weighted by atomic mass is 10.0. The van der Waals surface area contributed by atoms with Crippen molar-refractivity contribution in [2.45, 2.75) is 19.4 Å². The summed E-state index contributed by atoms with van der Waals surface area (Å²) in [5.74, 6) is -1.14. The van der Waals surface area contributed by atoms with Crippen LogP contribution in [0.3, 0.4) is 0 Å². The van der Waals surface area contributed by atoms with Crippen molar-refractivity contribution in [1.82, 2.24) is 4.90 Å². The molecule has 1 amide bonds. The third-order valence-corrected chi connectivity index (χ3v) is 4.06. The van der Waals surface area contributed by atoms with Gasteiger partial charge in [-0.1, -0.05) is 13.0 Å². The molecule has 2 atom stereocenters. The number of nitrogens with zero attached hydrogens (tertiary/aromatic N) is 1. The Morgan fingerprint density at radius 3 is 3.05 bits per heavy atom. The van der Waals surface area contributed by atoms with Gasteiger partial charge >= 0.3 is 5.97 Å². The number of hydrogen-bond donors (Lipinski definition) is 1. The summed E-state index contributed by atoms with van der Waals surface area (Å²) in [4.78, 5) is 25.9. The molecule has 2 heterocycles. The fourth-order valence-corrected chi connectivity index (χ4v) is 2.96. The number of thiophene rings is 1. The molecule has 1 saturated heterocycles. The van der Waals surface area contributed by atoms with E-state index in [4.69, 9.17) is 9.84 Å². The second-order valence-electron chi connectivity index (χ2n) is 4.67. The lowest BCUT2D eigenvalue weighted by molar-refractivity contribution is -0.160. The summed E-state index contributed by atoms with van der Waals surface area (Å²) in [7, 11) is 0. The number of carbonyl (C=O) groups excluding carboxylic acids is 1. The van der Waals surface area contributed by atoms with Gasteiger partial charge in [-0.2, -0.15) is 0 Å². The molecule has 1 N–H and O–H groups in total. The van der Waals surface area contributed by atoms with Gasteiger partial charge in [0, 0.05) is 17.3 Å². The Morgan fingerprint density at radius 2 is 2.42 bits per heavy atom. The van der Waals surface area contributed by atoms with Crippen molar-refractivity contribution in [1.29, 1.82) is 0 Å². The lowest BCUT2D eigenvalue weighted by Gasteiger charge is -2.32. The molecule has 19 heavy (non-hydrogen) atoms. The largest absolute Gasteiger partial charge is 0.479 e. The van der Waals surface area contributed by atoms with Crippen molar-refractivity contribution in [2.75, 3.05) is 19.7 Å². The van der Waals surface area contributed by atoms with E-state index in [0.717, 1.165) is 0 Å². The first-order valence-electron chi connectivity index (χ1n) is 6.23. The molecule has 0 saturated carbocycles. The maximum absolute atomic E-state index is 12.3. The van der Waals surface area contributed by atoms with Crippen molar-refractivity contribution in [3.05, 3.63) is 22.4 Å². The van der Waals surface area contributed by atoms with Gasteiger partial charge in [-0.05, 0) is 17.9 Å². The number of morpholine rings is 1. The fourth-order valence-electron chi connectivity index (χ4n) is 2.13. The average Bonchev–Trinajstić information content (AvgIpc) is 2.90. The standard InChI is InChI=1S/C13H17NO4S/c1-9(7-10-3-2-6-19-10)12(15)14-4-5-18-11(8-14)13(16)17/h2-3,6,9,11H,4-5,7-8H2,1H3,(H,16,17)/t9-,11+/m0/s1. The van der Waals surface area contributed by atoms with Gasteiger partial charge in [-0.25, -0.2) is 4.79 Å². The monoisotopic (exact) mass is 283 g/mol. The van der Waals surface area contributed by atoms with Gasteiger partial charge < -0.3 is 14.7 Å². The number of aliphatic carboxylic acids is 1. The molecule has 0 unspecified atom stereocenters. The Bertz CT molecular complexity index is 446. The van der Waals surface area contributed by atoms with Crippen molar-refractivity contribution < 1.29 is 19.4 Å². The molecule has 1 aliphatic heterocycles. The molecule has 104 valence electrons. The minimum absolute atomic E-state index is 0.00273. The molecule has 1 aromatic rings. The van der Waals surface area contributed by atoms with Crippen molar-refractivity contribution in [3.8, 4) is 0 Å². The van der Waals surface area contributed by atoms with Crippen molar-refractivity contribution >= 4 is 23.2 Å². The van der Waals surface area contributed by atoms with Gasteiger partial charge in [-0.3, -0.25) is 4.79 Å². The maximum atomic E-state index is 12.3. The lowest BCUT2D eigenvalue weighted by Crippen LogP contribution is -2.50. The Labute approximate surface area is 115 Å². The van der Waals surface area contributed by atoms with Crippen LogP contribution in [-0.2, 0) is 20.7 Å². The summed E-state index contributed by atoms with van der Waals surface area (Å²) in [5, 5.41) is 10.9. The van der Waals surface area contributed by atoms with Crippen LogP contribution in [-0.4, -0.2) is 47.7 Å². The predicted octanol–water partition coefficient (Wildman–Crippen LogP) is 1.24. The van der Waals surface area contributed by atoms with E-state index in [9.17, 15) is 9.59 Å². The van der Waals surface area contributed by atoms with Crippen LogP contribution in [0.15, 0.2) is 17.5 Å². The van der Waals surface area contributed by atoms with Crippen LogP contribution in [0.25, 0.3) is 0 Å². The molecule has 0 radical (unpaired) electrons. The molecule has 1 fully saturated rings. The Kier molecular flexibility index (Phi) is 4.55. The van der Waals surface area contributed by atoms with Crippen LogP contribution < -0.4 is 0 Å². The van der Waals surface area contributed by atoms with Crippen LogP contribution in [0.2, 0.25) is 0 Å². The van der Waals surface area contributed by atoms with E-state index in [-0.39, 0.29) is 25.0 Å². The minimum Gasteiger partial charge on any atom is -0.479 e. The highest BCUT2D eigenvalue weighted by Gasteiger charge is 2.30. The number of carbonyl (C=O) groups is 2. The molecular formula is C13H17NO4S. The average molecular weight is 283 g/mol. The normalized spacial score (nSPS) is 21.1. The Balaban J connectivity index is 1.93. The second kappa shape index (κ2) is 6.16. The van der Waals surface area contributed by atoms with E-state index in [0.29, 0.717) is 13.0 Å². The summed E-state index contributed by atoms with van der Waals surface area (Å²) in [6.07, 6.45) is -0.197. The van der Waals surface area contributed by atoms with Crippen molar-refractivity contribution in [3.63, 3.8) is 0 Å². The highest BCUT2D eigenvalue weighted by Crippen LogP contribution is 2.17. The molecule has 1 aromatic heterocycles. The first-order chi connectivity index (χ1) is 9.08. The second-order valence-corrected chi connectivity index (χ2v) is 5.70. The summed E-state index contributed by atoms with van der Waals surface area (Å²) >= 11 is 1.63. The summed E-state index contributed by atoms with van der Waals surface area (Å²) < 4.78 is 5.11. The summed E-state index contributed by atoms with van der Waals surface area (Å²) in [6, 6.07) is 3.97. The van der Waals surface area contributed by atoms with Crippen LogP contribution in [0.5, 0.6) is 0 Å². The van der Waals surface area contributed by atoms with Crippen molar-refractivity contribution in [2.24, 2.45) is 5.92 Å². The summed E-state index contributed by atoms with van der Waals surface area (Å²) in [6.45, 7) is 2.78. The minimum atomic E-state index is -1.01. The van der Waals surface area contributed by atoms with Gasteiger partial charge in [0.15, 0.2) is 6.10 Å². The molecule has 5 nitrogen and oxygen atoms in total. The molecule has 2 rings (SSSR count). The van der Waals surface area contributed by atoms with Crippen LogP contribution in [0.4, 0.5) is 0 Å². The zero-order chi connectivity index (χ0) is 13.8. The van der Waals surface area contributed by atoms with E-state index in [2.05, 4.69) is 0 Å². The van der Waals surface area contributed by atoms with Gasteiger partial charge in [0.05, 0.1) is 13.2 Å². The van der Waals surface area contributed by atoms with Crippen LogP contribution in [0.1, 0.15) is 11.8 Å². The van der Waals surface area contributed by atoms with E-state index in [1.165, 1.54) is 4.88 Å². The van der Waals surface area contributed by atoms with Gasteiger partial charge in [-0.15, -0.1) is 11.3 Å². The first kappa shape index (κ1) is 14.0. The van der Waals surface area contributed by atoms with Gasteiger partial charge in [0.1, 0.15) is 0 Å². The quantitative estimate of drug-likeness (QED) is 0.903. The molecule has 0 aliphatic carbocycles. The smallest absolute Gasteiger partial charge is 0.334 e. The third kappa shape index (κ3) is 3.54. The Morgan fingerprint density at radius 1 is 1.63 bits per heavy atom. The summed E-state index contributed by atoms with van der Waals surface area (Å²) in [5.41, 5.74) is 0. The topological polar surface area (TPSA) is 66.8 Å². The van der Waals surface area contributed by atoms with Crippen LogP contribution in [0, 0.1) is 5.92 Å². The third-order valence-electron chi connectivity index (χ3n) is 3.16. The molecule has 1 aliphatic rings. The van der Waals surface area contributed by atoms with E-state index in [1.54, 1.807) is 16.2 Å². The number of ether oxygens (including phenoxy) is 1. The predicted molar refractivity (Wildman–Crippen MR) is 71.1 cm³/mol. The maximum Gasteiger partial charge on any atom is 0.334 e. The number of hydrogen-bond acceptors (Lipinski definition) is 4. The number of carboxylic acid groups (broad SMARTS) is 1. The number of rotatable bonds is 4. The molecule has 0 spiro atoms. The zero-order valence-electron chi connectivity index (χ0n) is 10.7. The first-order valence-corrected chi connectivity index (χ1v) is 7.11. The van der Waals surface area contributed by atoms with Gasteiger partial charge in [0.2, 0.25) is 5.91 Å². The molecule has 0 bridgehead atoms. The van der Waals surface area contributed by atoms with Gasteiger partial charge in [0.25, 0.3) is 0 Å². The van der Waals surface area contributed by atoms with E-state index in [1.807, 2.05) is 24.4 Å². The van der Waals surface area contributed by atoms with E-state index < -0.39 is 12.1 Å². The highest BCUT2D eigenvalue weighted by molar-refractivity contribution is 7.09. The fraction of sp³-hybridized carbons (Fsp3) is 0.538. The SMILES string of the molecule is C[C@@H](Cc1cccs1)C(=O)N1CCO[C@@H](C(=O)O)C1. The number of amides is 1. The highest BCUT2D eigenvalue weighted by atomic mass is 32.1. The molecule has 6 heteroatoms. The Hall–Kier alpha value is -1.40. The van der Waals surface area contributed by atoms with Crippen LogP contribution >= 0.6 is 11.3 Å². The molecular weight excluding hydrogens is 266 g/mol. The molecule has 0 aromatic carbocycles. The zero-order valence-corrected chi connectivity index (χ0v) is 11.6. The van der Waals surface area contributed by atoms with E-state index >= 15 is 0 Å².